The molecule has 4 rings (SSSR count). The normalized spacial score (nSPS) is 17.4. The average Bonchev–Trinajstić information content (AvgIpc) is 3.52. The number of rotatable bonds is 8. The van der Waals surface area contributed by atoms with Crippen LogP contribution in [0.2, 0.25) is 5.02 Å². The number of nitrogens with one attached hydrogen (secondary N) is 3. The second kappa shape index (κ2) is 12.1. The first kappa shape index (κ1) is 32.8. The van der Waals surface area contributed by atoms with E-state index < -0.39 is 75.1 Å². The third-order valence-corrected chi connectivity index (χ3v) is 8.15. The molecular weight excluding hydrogens is 722 g/mol. The number of carbonyl (C=O) groups is 3. The molecule has 43 heavy (non-hydrogen) atoms. The van der Waals surface area contributed by atoms with Gasteiger partial charge in [0.2, 0.25) is 5.91 Å². The summed E-state index contributed by atoms with van der Waals surface area (Å²) in [5, 5.41) is 5.36. The zero-order chi connectivity index (χ0) is 32.0. The van der Waals surface area contributed by atoms with Gasteiger partial charge in [0, 0.05) is 11.6 Å². The summed E-state index contributed by atoms with van der Waals surface area (Å²) >= 11 is 21.7. The Kier molecular flexibility index (Phi) is 9.27. The Hall–Kier alpha value is -3.07. The predicted octanol–water partition coefficient (Wildman–Crippen LogP) is 8.14. The third-order valence-electron chi connectivity index (χ3n) is 6.27. The zero-order valence-electron chi connectivity index (χ0n) is 20.7. The Morgan fingerprint density at radius 2 is 1.56 bits per heavy atom. The molecule has 6 nitrogen and oxygen atoms in total. The second-order valence-corrected chi connectivity index (χ2v) is 11.8. The van der Waals surface area contributed by atoms with Crippen molar-refractivity contribution in [2.45, 2.75) is 22.6 Å². The van der Waals surface area contributed by atoms with E-state index in [0.717, 1.165) is 11.4 Å². The van der Waals surface area contributed by atoms with E-state index in [1.54, 1.807) is 0 Å². The topological polar surface area (TPSA) is 87.3 Å². The minimum atomic E-state index is -5.26. The lowest BCUT2D eigenvalue weighted by atomic mass is 10.1. The van der Waals surface area contributed by atoms with E-state index >= 15 is 0 Å². The predicted molar refractivity (Wildman–Crippen MR) is 149 cm³/mol. The molecule has 3 aromatic rings. The molecule has 3 aromatic carbocycles. The summed E-state index contributed by atoms with van der Waals surface area (Å²) < 4.78 is 92.6. The fourth-order valence-corrected chi connectivity index (χ4v) is 5.45. The highest BCUT2D eigenvalue weighted by atomic mass is 79.9. The fourth-order valence-electron chi connectivity index (χ4n) is 4.02. The number of halogens is 11. The van der Waals surface area contributed by atoms with E-state index in [-0.39, 0.29) is 20.7 Å². The van der Waals surface area contributed by atoms with Crippen molar-refractivity contribution in [3.8, 4) is 0 Å². The van der Waals surface area contributed by atoms with Gasteiger partial charge in [-0.1, -0.05) is 17.7 Å². The van der Waals surface area contributed by atoms with Crippen LogP contribution in [0.4, 0.5) is 47.8 Å². The summed E-state index contributed by atoms with van der Waals surface area (Å²) in [5.74, 6) is -15.3. The molecule has 0 heterocycles. The second-order valence-electron chi connectivity index (χ2n) is 9.10. The maximum absolute atomic E-state index is 14.9. The van der Waals surface area contributed by atoms with Crippen LogP contribution in [0.1, 0.15) is 21.8 Å². The molecule has 1 aliphatic rings. The van der Waals surface area contributed by atoms with Crippen molar-refractivity contribution in [3.63, 3.8) is 0 Å². The SMILES string of the molecule is O=C(Nc1ccc(F)c(NC(=O)C(F)(F)C(F)F)c1F)c1cc(NC(=O)[C@H]2[C@H](c3ccc(F)c(Br)c3)C2(Cl)Cl)ccc1Cl. The first-order chi connectivity index (χ1) is 20.0. The summed E-state index contributed by atoms with van der Waals surface area (Å²) in [6.07, 6.45) is -4.46. The molecule has 3 amide bonds. The van der Waals surface area contributed by atoms with Gasteiger partial charge >= 0.3 is 18.3 Å². The van der Waals surface area contributed by atoms with Crippen molar-refractivity contribution >= 4 is 85.5 Å². The summed E-state index contributed by atoms with van der Waals surface area (Å²) in [7, 11) is 0. The van der Waals surface area contributed by atoms with Gasteiger partial charge in [-0.3, -0.25) is 14.4 Å². The highest BCUT2D eigenvalue weighted by Crippen LogP contribution is 2.65. The van der Waals surface area contributed by atoms with E-state index in [2.05, 4.69) is 21.2 Å². The number of hydrogen-bond acceptors (Lipinski definition) is 3. The molecule has 228 valence electrons. The Morgan fingerprint density at radius 3 is 2.19 bits per heavy atom. The summed E-state index contributed by atoms with van der Waals surface area (Å²) in [5.41, 5.74) is -2.22. The zero-order valence-corrected chi connectivity index (χ0v) is 24.6. The lowest BCUT2D eigenvalue weighted by Crippen LogP contribution is -2.41. The Balaban J connectivity index is 1.51. The van der Waals surface area contributed by atoms with Gasteiger partial charge < -0.3 is 16.0 Å². The van der Waals surface area contributed by atoms with Crippen LogP contribution in [0.15, 0.2) is 53.0 Å². The quantitative estimate of drug-likeness (QED) is 0.161. The first-order valence-electron chi connectivity index (χ1n) is 11.7. The lowest BCUT2D eigenvalue weighted by Gasteiger charge is -2.17. The largest absolute Gasteiger partial charge is 0.383 e. The van der Waals surface area contributed by atoms with E-state index in [0.29, 0.717) is 17.7 Å². The van der Waals surface area contributed by atoms with Crippen LogP contribution in [0.25, 0.3) is 0 Å². The van der Waals surface area contributed by atoms with Gasteiger partial charge in [0.25, 0.3) is 5.91 Å². The molecular formula is C26H14BrCl3F7N3O3. The Labute approximate surface area is 261 Å². The van der Waals surface area contributed by atoms with Crippen LogP contribution in [0.5, 0.6) is 0 Å². The van der Waals surface area contributed by atoms with Crippen molar-refractivity contribution < 1.29 is 45.1 Å². The molecule has 3 N–H and O–H groups in total. The molecule has 0 aromatic heterocycles. The molecule has 0 bridgehead atoms. The van der Waals surface area contributed by atoms with Gasteiger partial charge in [0.1, 0.15) is 21.7 Å². The van der Waals surface area contributed by atoms with Crippen LogP contribution in [-0.2, 0) is 9.59 Å². The Bertz CT molecular complexity index is 1640. The highest BCUT2D eigenvalue weighted by molar-refractivity contribution is 9.10. The molecule has 0 spiro atoms. The van der Waals surface area contributed by atoms with Crippen LogP contribution >= 0.6 is 50.7 Å². The minimum Gasteiger partial charge on any atom is -0.326 e. The van der Waals surface area contributed by atoms with Crippen LogP contribution < -0.4 is 16.0 Å². The molecule has 1 fully saturated rings. The molecule has 0 aliphatic heterocycles. The maximum atomic E-state index is 14.9. The van der Waals surface area contributed by atoms with Gasteiger partial charge in [-0.2, -0.15) is 8.78 Å². The van der Waals surface area contributed by atoms with Crippen molar-refractivity contribution in [3.05, 3.63) is 86.6 Å². The smallest absolute Gasteiger partial charge is 0.326 e. The molecule has 1 saturated carbocycles. The third kappa shape index (κ3) is 6.56. The molecule has 0 saturated heterocycles. The Morgan fingerprint density at radius 1 is 0.907 bits per heavy atom. The minimum absolute atomic E-state index is 0.0105. The van der Waals surface area contributed by atoms with Gasteiger partial charge in [-0.15, -0.1) is 23.2 Å². The lowest BCUT2D eigenvalue weighted by molar-refractivity contribution is -0.163. The van der Waals surface area contributed by atoms with Crippen LogP contribution in [0.3, 0.4) is 0 Å². The van der Waals surface area contributed by atoms with E-state index in [1.807, 2.05) is 5.32 Å². The van der Waals surface area contributed by atoms with Gasteiger partial charge in [0.15, 0.2) is 5.82 Å². The number of alkyl halides is 6. The summed E-state index contributed by atoms with van der Waals surface area (Å²) in [6, 6.07) is 8.74. The standard InChI is InChI=1S/C26H14BrCl3F7N3O3/c27-12-7-9(1-4-14(12)31)17-18(25(17,29)30)22(42)38-10-2-3-13(28)11(8-10)21(41)39-16-6-5-15(32)20(19(16)33)40-24(43)26(36,37)23(34)35/h1-8,17-18,23H,(H,38,42)(H,39,41)(H,40,43)/t17-,18+/m0/s1. The number of carbonyl (C=O) groups excluding carboxylic acids is 3. The number of benzene rings is 3. The van der Waals surface area contributed by atoms with E-state index in [9.17, 15) is 45.1 Å². The summed E-state index contributed by atoms with van der Waals surface area (Å²) in [6.45, 7) is 0. The van der Waals surface area contributed by atoms with Crippen molar-refractivity contribution in [1.82, 2.24) is 0 Å². The van der Waals surface area contributed by atoms with E-state index in [1.165, 1.54) is 30.3 Å². The van der Waals surface area contributed by atoms with Gasteiger partial charge in [-0.25, -0.2) is 22.0 Å². The molecule has 1 aliphatic carbocycles. The number of anilines is 3. The van der Waals surface area contributed by atoms with Crippen molar-refractivity contribution in [1.29, 1.82) is 0 Å². The van der Waals surface area contributed by atoms with E-state index in [4.69, 9.17) is 34.8 Å². The molecule has 0 radical (unpaired) electrons. The van der Waals surface area contributed by atoms with Gasteiger partial charge in [-0.05, 0) is 64.0 Å². The number of amides is 3. The van der Waals surface area contributed by atoms with Crippen LogP contribution in [-0.4, -0.2) is 34.4 Å². The number of hydrogen-bond donors (Lipinski definition) is 3. The summed E-state index contributed by atoms with van der Waals surface area (Å²) in [4.78, 5) is 37.3. The molecule has 2 atom stereocenters. The highest BCUT2D eigenvalue weighted by Gasteiger charge is 2.67. The average molecular weight is 736 g/mol. The van der Waals surface area contributed by atoms with Crippen molar-refractivity contribution in [2.75, 3.05) is 16.0 Å². The van der Waals surface area contributed by atoms with Crippen molar-refractivity contribution in [2.24, 2.45) is 5.92 Å². The maximum Gasteiger partial charge on any atom is 0.383 e. The molecule has 0 unspecified atom stereocenters. The monoisotopic (exact) mass is 733 g/mol. The first-order valence-corrected chi connectivity index (χ1v) is 13.6. The molecule has 17 heteroatoms. The van der Waals surface area contributed by atoms with Gasteiger partial charge in [0.05, 0.1) is 26.7 Å². The fraction of sp³-hybridized carbons (Fsp3) is 0.192. The van der Waals surface area contributed by atoms with Crippen LogP contribution in [0, 0.1) is 23.4 Å².